The van der Waals surface area contributed by atoms with Gasteiger partial charge in [-0.2, -0.15) is 5.06 Å². The van der Waals surface area contributed by atoms with Crippen molar-refractivity contribution in [1.82, 2.24) is 5.06 Å². The van der Waals surface area contributed by atoms with Gasteiger partial charge in [0.2, 0.25) is 0 Å². The molecule has 0 bridgehead atoms. The third kappa shape index (κ3) is 3.46. The van der Waals surface area contributed by atoms with Crippen molar-refractivity contribution in [3.05, 3.63) is 71.6 Å². The minimum absolute atomic E-state index is 0.0675. The van der Waals surface area contributed by atoms with E-state index in [0.29, 0.717) is 11.1 Å². The number of nitrogens with zero attached hydrogens (tertiary/aromatic N) is 2. The number of carbonyl (C=O) groups excluding carboxylic acids is 4. The number of para-hydroxylation sites is 1. The Kier molecular flexibility index (Phi) is 6.30. The van der Waals surface area contributed by atoms with E-state index < -0.39 is 62.9 Å². The monoisotopic (exact) mass is 588 g/mol. The molecule has 4 amide bonds. The van der Waals surface area contributed by atoms with Gasteiger partial charge in [-0.05, 0) is 49.1 Å². The zero-order valence-corrected chi connectivity index (χ0v) is 22.3. The lowest BCUT2D eigenvalue weighted by atomic mass is 9.56. The fourth-order valence-corrected chi connectivity index (χ4v) is 7.66. The van der Waals surface area contributed by atoms with E-state index in [9.17, 15) is 33.9 Å². The van der Waals surface area contributed by atoms with E-state index in [1.165, 1.54) is 12.1 Å². The Morgan fingerprint density at radius 3 is 2.38 bits per heavy atom. The molecule has 1 saturated carbocycles. The summed E-state index contributed by atoms with van der Waals surface area (Å²) < 4.78 is 19.5. The van der Waals surface area contributed by atoms with E-state index in [4.69, 9.17) is 27.9 Å². The van der Waals surface area contributed by atoms with E-state index >= 15 is 0 Å². The zero-order valence-electron chi connectivity index (χ0n) is 20.8. The number of rotatable bonds is 5. The van der Waals surface area contributed by atoms with Gasteiger partial charge in [-0.15, -0.1) is 23.2 Å². The number of amides is 4. The molecule has 2 aliphatic carbocycles. The fourth-order valence-electron chi connectivity index (χ4n) is 6.73. The number of ether oxygens (including phenoxy) is 1. The predicted octanol–water partition coefficient (Wildman–Crippen LogP) is 3.15. The first-order valence-corrected chi connectivity index (χ1v) is 13.4. The molecule has 0 radical (unpaired) electrons. The number of alkyl halides is 2. The lowest BCUT2D eigenvalue weighted by Gasteiger charge is -2.50. The largest absolute Gasteiger partial charge is 0.491 e. The summed E-state index contributed by atoms with van der Waals surface area (Å²) in [5, 5.41) is 19.7. The molecule has 2 saturated heterocycles. The van der Waals surface area contributed by atoms with Crippen LogP contribution in [0.2, 0.25) is 0 Å². The van der Waals surface area contributed by atoms with Crippen molar-refractivity contribution >= 4 is 52.5 Å². The molecule has 208 valence electrons. The number of anilines is 1. The van der Waals surface area contributed by atoms with Crippen LogP contribution in [0.5, 0.6) is 5.75 Å². The topological polar surface area (TPSA) is 124 Å². The molecule has 2 aliphatic heterocycles. The van der Waals surface area contributed by atoms with Crippen molar-refractivity contribution in [3.63, 3.8) is 0 Å². The summed E-state index contributed by atoms with van der Waals surface area (Å²) in [6.45, 7) is -0.364. The number of aliphatic hydroxyl groups is 1. The summed E-state index contributed by atoms with van der Waals surface area (Å²) in [6, 6.07) is 11.4. The van der Waals surface area contributed by atoms with Crippen molar-refractivity contribution in [2.75, 3.05) is 18.1 Å². The molecule has 0 aromatic heterocycles. The number of benzene rings is 2. The molecule has 40 heavy (non-hydrogen) atoms. The minimum Gasteiger partial charge on any atom is -0.491 e. The predicted molar refractivity (Wildman–Crippen MR) is 139 cm³/mol. The molecule has 2 aromatic rings. The molecule has 4 aliphatic rings. The molecule has 12 heteroatoms. The molecule has 6 rings (SSSR count). The number of hydrogen-bond acceptors (Lipinski definition) is 7. The second-order valence-corrected chi connectivity index (χ2v) is 11.6. The van der Waals surface area contributed by atoms with Crippen LogP contribution in [-0.4, -0.2) is 62.0 Å². The molecule has 2 aromatic carbocycles. The number of imide groups is 2. The molecule has 2 N–H and O–H groups in total. The molecule has 0 spiro atoms. The summed E-state index contributed by atoms with van der Waals surface area (Å²) >= 11 is 14.5. The second kappa shape index (κ2) is 9.37. The number of hydrogen-bond donors (Lipinski definition) is 2. The second-order valence-electron chi connectivity index (χ2n) is 10.3. The van der Waals surface area contributed by atoms with E-state index in [1.807, 2.05) is 0 Å². The molecule has 6 atom stereocenters. The Hall–Kier alpha value is -3.31. The van der Waals surface area contributed by atoms with Crippen molar-refractivity contribution in [1.29, 1.82) is 0 Å². The average molecular weight is 589 g/mol. The van der Waals surface area contributed by atoms with Crippen LogP contribution in [-0.2, 0) is 19.2 Å². The number of hydroxylamine groups is 2. The van der Waals surface area contributed by atoms with Gasteiger partial charge in [0.15, 0.2) is 9.75 Å². The van der Waals surface area contributed by atoms with Crippen LogP contribution < -0.4 is 9.64 Å². The van der Waals surface area contributed by atoms with Gasteiger partial charge in [-0.1, -0.05) is 29.8 Å². The van der Waals surface area contributed by atoms with Gasteiger partial charge in [0.1, 0.15) is 18.2 Å². The Morgan fingerprint density at radius 2 is 1.68 bits per heavy atom. The summed E-state index contributed by atoms with van der Waals surface area (Å²) in [7, 11) is 0. The third-order valence-electron chi connectivity index (χ3n) is 8.45. The van der Waals surface area contributed by atoms with Crippen LogP contribution in [0.15, 0.2) is 60.2 Å². The van der Waals surface area contributed by atoms with Crippen LogP contribution in [0.4, 0.5) is 10.1 Å². The van der Waals surface area contributed by atoms with Crippen molar-refractivity contribution < 1.29 is 38.6 Å². The van der Waals surface area contributed by atoms with Crippen LogP contribution in [0.3, 0.4) is 0 Å². The van der Waals surface area contributed by atoms with E-state index in [1.54, 1.807) is 30.3 Å². The van der Waals surface area contributed by atoms with Crippen LogP contribution >= 0.6 is 23.2 Å². The Balaban J connectivity index is 1.58. The summed E-state index contributed by atoms with van der Waals surface area (Å²) in [4.78, 5) is 50.7. The number of fused-ring (bicyclic) bond motifs is 4. The molecule has 2 heterocycles. The number of aliphatic hydroxyl groups excluding tert-OH is 1. The summed E-state index contributed by atoms with van der Waals surface area (Å²) in [6.07, 6.45) is 1.55. The molecule has 0 unspecified atom stereocenters. The molecule has 3 fully saturated rings. The van der Waals surface area contributed by atoms with E-state index in [2.05, 4.69) is 0 Å². The Bertz CT molecular complexity index is 1480. The zero-order chi connectivity index (χ0) is 28.6. The number of carbonyl (C=O) groups is 4. The SMILES string of the molecule is O=C1[C@H]2[C@H](CC=C3[C@H]2C[C@@]2(Cl)C(=O)N(c4ccc(F)cc4)C(=O)[C@@]2(Cl)[C@H]3c2ccccc2OCCO)C(=O)N1O. The number of allylic oxidation sites excluding steroid dienone is 2. The lowest BCUT2D eigenvalue weighted by molar-refractivity contribution is -0.173. The highest BCUT2D eigenvalue weighted by Gasteiger charge is 2.76. The van der Waals surface area contributed by atoms with E-state index in [-0.39, 0.29) is 42.6 Å². The number of halogens is 3. The Morgan fingerprint density at radius 1 is 0.975 bits per heavy atom. The maximum atomic E-state index is 14.3. The third-order valence-corrected chi connectivity index (χ3v) is 9.86. The first kappa shape index (κ1) is 26.9. The van der Waals surface area contributed by atoms with Gasteiger partial charge in [0.05, 0.1) is 24.1 Å². The van der Waals surface area contributed by atoms with Crippen LogP contribution in [0.25, 0.3) is 0 Å². The minimum atomic E-state index is -2.11. The van der Waals surface area contributed by atoms with Crippen molar-refractivity contribution in [2.45, 2.75) is 28.5 Å². The van der Waals surface area contributed by atoms with Gasteiger partial charge in [0.25, 0.3) is 23.6 Å². The highest BCUT2D eigenvalue weighted by atomic mass is 35.5. The van der Waals surface area contributed by atoms with Gasteiger partial charge < -0.3 is 9.84 Å². The molecule has 9 nitrogen and oxygen atoms in total. The molecular weight excluding hydrogens is 566 g/mol. The maximum Gasteiger partial charge on any atom is 0.258 e. The summed E-state index contributed by atoms with van der Waals surface area (Å²) in [5.74, 6) is -7.35. The van der Waals surface area contributed by atoms with Crippen LogP contribution in [0, 0.1) is 23.6 Å². The standard InChI is InChI=1S/C28H23Cl2FN2O7/c29-27-13-19-16(9-10-18-21(19)24(36)33(39)23(18)35)22(17-3-1-2-4-20(17)40-12-11-34)28(27,30)26(38)32(25(27)37)15-7-5-14(31)6-8-15/h1-9,18-19,21-22,34,39H,10-13H2/t18-,19+,21-,22+,27+,28-/m0/s1. The first-order valence-electron chi connectivity index (χ1n) is 12.7. The normalized spacial score (nSPS) is 33.1. The van der Waals surface area contributed by atoms with Crippen molar-refractivity contribution in [2.24, 2.45) is 17.8 Å². The highest BCUT2D eigenvalue weighted by molar-refractivity contribution is 6.58. The highest BCUT2D eigenvalue weighted by Crippen LogP contribution is 2.66. The first-order chi connectivity index (χ1) is 19.1. The van der Waals surface area contributed by atoms with Crippen LogP contribution in [0.1, 0.15) is 24.3 Å². The average Bonchev–Trinajstić information content (AvgIpc) is 3.26. The van der Waals surface area contributed by atoms with Gasteiger partial charge >= 0.3 is 0 Å². The Labute approximate surface area is 237 Å². The van der Waals surface area contributed by atoms with E-state index in [0.717, 1.165) is 17.0 Å². The lowest BCUT2D eigenvalue weighted by Crippen LogP contribution is -2.60. The maximum absolute atomic E-state index is 14.3. The molecular formula is C28H23Cl2FN2O7. The summed E-state index contributed by atoms with van der Waals surface area (Å²) in [5.41, 5.74) is 0.981. The van der Waals surface area contributed by atoms with Gasteiger partial charge in [-0.25, -0.2) is 9.29 Å². The van der Waals surface area contributed by atoms with Gasteiger partial charge in [0, 0.05) is 11.5 Å². The van der Waals surface area contributed by atoms with Crippen molar-refractivity contribution in [3.8, 4) is 5.75 Å². The smallest absolute Gasteiger partial charge is 0.258 e. The van der Waals surface area contributed by atoms with Gasteiger partial charge in [-0.3, -0.25) is 24.4 Å². The fraction of sp³-hybridized carbons (Fsp3) is 0.357. The quantitative estimate of drug-likeness (QED) is 0.238.